The van der Waals surface area contributed by atoms with Crippen molar-refractivity contribution in [3.63, 3.8) is 0 Å². The maximum atomic E-state index is 13.3. The molecule has 1 amide bonds. The first-order valence-electron chi connectivity index (χ1n) is 12.3. The highest BCUT2D eigenvalue weighted by atomic mass is 32.2. The fraction of sp³-hybridized carbons (Fsp3) is 0.560. The Hall–Kier alpha value is -2.68. The summed E-state index contributed by atoms with van der Waals surface area (Å²) < 4.78 is 2.10. The molecular formula is C25H33N5O4S2. The summed E-state index contributed by atoms with van der Waals surface area (Å²) in [6, 6.07) is 2.07. The van der Waals surface area contributed by atoms with E-state index in [4.69, 9.17) is 17.3 Å². The molecule has 1 aromatic rings. The van der Waals surface area contributed by atoms with E-state index in [-0.39, 0.29) is 23.5 Å². The molecule has 1 N–H and O–H groups in total. The number of hydrogen-bond acceptors (Lipinski definition) is 8. The largest absolute Gasteiger partial charge is 0.481 e. The van der Waals surface area contributed by atoms with E-state index in [9.17, 15) is 19.6 Å². The Balaban J connectivity index is 1.96. The molecular weight excluding hydrogens is 498 g/mol. The van der Waals surface area contributed by atoms with Crippen LogP contribution >= 0.6 is 24.0 Å². The van der Waals surface area contributed by atoms with Crippen molar-refractivity contribution in [1.82, 2.24) is 14.4 Å². The molecule has 2 saturated heterocycles. The average molecular weight is 532 g/mol. The molecule has 0 unspecified atom stereocenters. The van der Waals surface area contributed by atoms with Crippen LogP contribution in [0.25, 0.3) is 6.08 Å². The van der Waals surface area contributed by atoms with Gasteiger partial charge in [-0.3, -0.25) is 23.9 Å². The number of carboxylic acids is 1. The summed E-state index contributed by atoms with van der Waals surface area (Å²) in [5, 5.41) is 18.5. The highest BCUT2D eigenvalue weighted by Crippen LogP contribution is 2.36. The Morgan fingerprint density at radius 1 is 1.14 bits per heavy atom. The van der Waals surface area contributed by atoms with Crippen LogP contribution in [0.15, 0.2) is 9.70 Å². The molecule has 0 aromatic carbocycles. The van der Waals surface area contributed by atoms with Gasteiger partial charge in [-0.2, -0.15) is 5.26 Å². The lowest BCUT2D eigenvalue weighted by Gasteiger charge is -2.37. The minimum absolute atomic E-state index is 0.0907. The minimum Gasteiger partial charge on any atom is -0.481 e. The summed E-state index contributed by atoms with van der Waals surface area (Å²) in [6.07, 6.45) is 3.82. The molecule has 2 aliphatic heterocycles. The van der Waals surface area contributed by atoms with Crippen molar-refractivity contribution in [3.8, 4) is 6.07 Å². The Morgan fingerprint density at radius 2 is 1.83 bits per heavy atom. The standard InChI is InChI=1S/C25H33N5O4S2/c1-4-27-11-13-28(14-12-27)22-18(17(3)19(16-26)23(33)29(22)5-2)15-20-24(34)30(25(35)36-20)10-8-6-7-9-21(31)32/h15H,4-14H2,1-3H3,(H,31,32)/b20-15+. The number of anilines is 1. The van der Waals surface area contributed by atoms with Crippen molar-refractivity contribution in [1.29, 1.82) is 5.26 Å². The molecule has 0 atom stereocenters. The van der Waals surface area contributed by atoms with Crippen molar-refractivity contribution >= 4 is 52.1 Å². The minimum atomic E-state index is -0.823. The Kier molecular flexibility index (Phi) is 9.70. The monoisotopic (exact) mass is 531 g/mol. The molecule has 3 rings (SSSR count). The Bertz CT molecular complexity index is 1160. The van der Waals surface area contributed by atoms with Gasteiger partial charge in [-0.25, -0.2) is 0 Å². The molecule has 0 spiro atoms. The fourth-order valence-corrected chi connectivity index (χ4v) is 5.89. The summed E-state index contributed by atoms with van der Waals surface area (Å²) in [4.78, 5) is 43.7. The molecule has 194 valence electrons. The molecule has 9 nitrogen and oxygen atoms in total. The molecule has 0 radical (unpaired) electrons. The number of thiocarbonyl (C=S) groups is 1. The summed E-state index contributed by atoms with van der Waals surface area (Å²) >= 11 is 6.70. The van der Waals surface area contributed by atoms with Crippen LogP contribution in [-0.2, 0) is 16.1 Å². The molecule has 1 aromatic heterocycles. The second kappa shape index (κ2) is 12.5. The van der Waals surface area contributed by atoms with Gasteiger partial charge >= 0.3 is 5.97 Å². The third-order valence-electron chi connectivity index (χ3n) is 6.70. The first-order chi connectivity index (χ1) is 17.2. The lowest BCUT2D eigenvalue weighted by atomic mass is 10.0. The van der Waals surface area contributed by atoms with E-state index in [0.717, 1.165) is 38.5 Å². The Morgan fingerprint density at radius 3 is 2.42 bits per heavy atom. The van der Waals surface area contributed by atoms with E-state index in [1.165, 1.54) is 11.8 Å². The highest BCUT2D eigenvalue weighted by Gasteiger charge is 2.33. The number of likely N-dealkylation sites (N-methyl/N-ethyl adjacent to an activating group) is 1. The van der Waals surface area contributed by atoms with E-state index < -0.39 is 5.97 Å². The van der Waals surface area contributed by atoms with Crippen LogP contribution in [-0.4, -0.2) is 74.9 Å². The van der Waals surface area contributed by atoms with E-state index in [1.54, 1.807) is 22.5 Å². The number of unbranched alkanes of at least 4 members (excludes halogenated alkanes) is 2. The van der Waals surface area contributed by atoms with Crippen LogP contribution in [0.1, 0.15) is 56.2 Å². The number of piperazine rings is 1. The lowest BCUT2D eigenvalue weighted by Crippen LogP contribution is -2.48. The van der Waals surface area contributed by atoms with Gasteiger partial charge in [-0.05, 0) is 44.9 Å². The normalized spacial score (nSPS) is 17.8. The molecule has 0 saturated carbocycles. The zero-order chi connectivity index (χ0) is 26.4. The second-order valence-corrected chi connectivity index (χ2v) is 10.5. The first kappa shape index (κ1) is 27.9. The van der Waals surface area contributed by atoms with E-state index >= 15 is 0 Å². The van der Waals surface area contributed by atoms with Crippen LogP contribution in [0.2, 0.25) is 0 Å². The van der Waals surface area contributed by atoms with Crippen molar-refractivity contribution < 1.29 is 14.7 Å². The number of pyridine rings is 1. The molecule has 0 bridgehead atoms. The van der Waals surface area contributed by atoms with E-state index in [1.807, 2.05) is 6.92 Å². The van der Waals surface area contributed by atoms with Crippen LogP contribution < -0.4 is 10.5 Å². The number of nitrogens with zero attached hydrogens (tertiary/aromatic N) is 5. The van der Waals surface area contributed by atoms with Gasteiger partial charge in [0.15, 0.2) is 0 Å². The zero-order valence-corrected chi connectivity index (χ0v) is 22.7. The predicted octanol–water partition coefficient (Wildman–Crippen LogP) is 3.04. The number of carbonyl (C=O) groups is 2. The first-order valence-corrected chi connectivity index (χ1v) is 13.6. The van der Waals surface area contributed by atoms with Gasteiger partial charge < -0.3 is 14.9 Å². The zero-order valence-electron chi connectivity index (χ0n) is 21.1. The maximum Gasteiger partial charge on any atom is 0.303 e. The quantitative estimate of drug-likeness (QED) is 0.277. The van der Waals surface area contributed by atoms with Crippen molar-refractivity contribution in [3.05, 3.63) is 31.9 Å². The number of aromatic nitrogens is 1. The van der Waals surface area contributed by atoms with Crippen molar-refractivity contribution in [2.45, 2.75) is 53.0 Å². The summed E-state index contributed by atoms with van der Waals surface area (Å²) in [5.74, 6) is -0.276. The van der Waals surface area contributed by atoms with Crippen molar-refractivity contribution in [2.24, 2.45) is 0 Å². The fourth-order valence-electron chi connectivity index (χ4n) is 4.60. The summed E-state index contributed by atoms with van der Waals surface area (Å²) in [6.45, 7) is 10.8. The van der Waals surface area contributed by atoms with Gasteiger partial charge in [-0.1, -0.05) is 37.3 Å². The molecule has 2 aliphatic rings. The average Bonchev–Trinajstić information content (AvgIpc) is 3.12. The summed E-state index contributed by atoms with van der Waals surface area (Å²) in [7, 11) is 0. The number of aliphatic carboxylic acids is 1. The van der Waals surface area contributed by atoms with Gasteiger partial charge in [0.2, 0.25) is 0 Å². The van der Waals surface area contributed by atoms with Gasteiger partial charge in [-0.15, -0.1) is 0 Å². The predicted molar refractivity (Wildman–Crippen MR) is 146 cm³/mol. The molecule has 0 aliphatic carbocycles. The number of hydrogen-bond donors (Lipinski definition) is 1. The van der Waals surface area contributed by atoms with Crippen LogP contribution in [0.5, 0.6) is 0 Å². The SMILES string of the molecule is CCN1CCN(c2c(/C=C3/SC(=S)N(CCCCCC(=O)O)C3=O)c(C)c(C#N)c(=O)n2CC)CC1. The molecule has 36 heavy (non-hydrogen) atoms. The van der Waals surface area contributed by atoms with Gasteiger partial charge in [0.1, 0.15) is 21.8 Å². The highest BCUT2D eigenvalue weighted by molar-refractivity contribution is 8.26. The number of rotatable bonds is 10. The topological polar surface area (TPSA) is 110 Å². The van der Waals surface area contributed by atoms with Crippen LogP contribution in [0, 0.1) is 18.3 Å². The Labute approximate surface area is 221 Å². The van der Waals surface area contributed by atoms with E-state index in [0.29, 0.717) is 52.7 Å². The molecule has 3 heterocycles. The number of carbonyl (C=O) groups excluding carboxylic acids is 1. The lowest BCUT2D eigenvalue weighted by molar-refractivity contribution is -0.137. The van der Waals surface area contributed by atoms with Gasteiger partial charge in [0.25, 0.3) is 11.5 Å². The number of thioether (sulfide) groups is 1. The number of carboxylic acid groups (broad SMARTS) is 1. The molecule has 11 heteroatoms. The smallest absolute Gasteiger partial charge is 0.303 e. The second-order valence-electron chi connectivity index (χ2n) is 8.86. The number of amides is 1. The summed E-state index contributed by atoms with van der Waals surface area (Å²) in [5.41, 5.74) is 1.06. The van der Waals surface area contributed by atoms with E-state index in [2.05, 4.69) is 22.8 Å². The van der Waals surface area contributed by atoms with Crippen LogP contribution in [0.3, 0.4) is 0 Å². The third kappa shape index (κ3) is 5.99. The van der Waals surface area contributed by atoms with Gasteiger partial charge in [0.05, 0.1) is 4.91 Å². The third-order valence-corrected chi connectivity index (χ3v) is 8.08. The van der Waals surface area contributed by atoms with Crippen LogP contribution in [0.4, 0.5) is 5.82 Å². The van der Waals surface area contributed by atoms with Crippen molar-refractivity contribution in [2.75, 3.05) is 44.2 Å². The van der Waals surface area contributed by atoms with Gasteiger partial charge in [0, 0.05) is 51.3 Å². The maximum absolute atomic E-state index is 13.3. The molecule has 2 fully saturated rings. The number of nitriles is 1.